The summed E-state index contributed by atoms with van der Waals surface area (Å²) in [6.45, 7) is 6.19. The number of carboxylic acids is 1. The van der Waals surface area contributed by atoms with Crippen LogP contribution >= 0.6 is 11.6 Å². The third-order valence-corrected chi connectivity index (χ3v) is 3.80. The largest absolute Gasteiger partial charge is 0.478 e. The molecule has 21 heavy (non-hydrogen) atoms. The lowest BCUT2D eigenvalue weighted by molar-refractivity contribution is 0.0697. The van der Waals surface area contributed by atoms with Gasteiger partial charge in [0.05, 0.1) is 10.6 Å². The summed E-state index contributed by atoms with van der Waals surface area (Å²) in [7, 11) is 0. The van der Waals surface area contributed by atoms with Gasteiger partial charge in [-0.25, -0.2) is 4.79 Å². The Morgan fingerprint density at radius 3 is 2.52 bits per heavy atom. The molecule has 0 aliphatic carbocycles. The van der Waals surface area contributed by atoms with Crippen LogP contribution in [0.5, 0.6) is 0 Å². The highest BCUT2D eigenvalue weighted by atomic mass is 35.5. The zero-order valence-electron chi connectivity index (χ0n) is 12.3. The van der Waals surface area contributed by atoms with Crippen molar-refractivity contribution in [3.63, 3.8) is 0 Å². The molecule has 110 valence electrons. The predicted molar refractivity (Wildman–Crippen MR) is 86.4 cm³/mol. The maximum absolute atomic E-state index is 11.1. The Labute approximate surface area is 129 Å². The first-order chi connectivity index (χ1) is 9.88. The highest BCUT2D eigenvalue weighted by molar-refractivity contribution is 6.33. The zero-order valence-corrected chi connectivity index (χ0v) is 13.0. The van der Waals surface area contributed by atoms with Crippen molar-refractivity contribution in [1.29, 1.82) is 0 Å². The smallest absolute Gasteiger partial charge is 0.337 e. The van der Waals surface area contributed by atoms with Crippen molar-refractivity contribution >= 4 is 23.3 Å². The first kappa shape index (κ1) is 15.4. The Hall–Kier alpha value is -2.00. The lowest BCUT2D eigenvalue weighted by Crippen LogP contribution is -2.09. The van der Waals surface area contributed by atoms with Crippen molar-refractivity contribution in [2.75, 3.05) is 5.32 Å². The second-order valence-corrected chi connectivity index (χ2v) is 5.63. The molecule has 2 N–H and O–H groups in total. The standard InChI is InChI=1S/C17H18ClNO2/c1-10-4-6-14(11(2)8-10)12(3)19-13-5-7-16(18)15(9-13)17(20)21/h4-9,12,19H,1-3H3,(H,20,21). The van der Waals surface area contributed by atoms with E-state index in [1.54, 1.807) is 18.2 Å². The van der Waals surface area contributed by atoms with Gasteiger partial charge in [0.2, 0.25) is 0 Å². The third kappa shape index (κ3) is 3.56. The lowest BCUT2D eigenvalue weighted by Gasteiger charge is -2.19. The van der Waals surface area contributed by atoms with E-state index in [0.717, 1.165) is 5.69 Å². The van der Waals surface area contributed by atoms with Crippen LogP contribution in [-0.2, 0) is 0 Å². The van der Waals surface area contributed by atoms with Gasteiger partial charge >= 0.3 is 5.97 Å². The van der Waals surface area contributed by atoms with Crippen molar-refractivity contribution in [3.8, 4) is 0 Å². The fraction of sp³-hybridized carbons (Fsp3) is 0.235. The molecule has 0 aromatic heterocycles. The van der Waals surface area contributed by atoms with E-state index in [9.17, 15) is 4.79 Å². The molecule has 0 saturated carbocycles. The minimum atomic E-state index is -1.03. The van der Waals surface area contributed by atoms with Gasteiger partial charge in [0.25, 0.3) is 0 Å². The van der Waals surface area contributed by atoms with E-state index >= 15 is 0 Å². The van der Waals surface area contributed by atoms with Gasteiger partial charge in [-0.3, -0.25) is 0 Å². The van der Waals surface area contributed by atoms with Crippen molar-refractivity contribution in [2.24, 2.45) is 0 Å². The first-order valence-electron chi connectivity index (χ1n) is 6.75. The molecule has 0 radical (unpaired) electrons. The second kappa shape index (κ2) is 6.19. The third-order valence-electron chi connectivity index (χ3n) is 3.47. The molecular weight excluding hydrogens is 286 g/mol. The van der Waals surface area contributed by atoms with E-state index in [4.69, 9.17) is 16.7 Å². The van der Waals surface area contributed by atoms with Crippen LogP contribution in [0.1, 0.15) is 40.0 Å². The molecule has 0 aliphatic heterocycles. The summed E-state index contributed by atoms with van der Waals surface area (Å²) in [5.74, 6) is -1.03. The number of anilines is 1. The summed E-state index contributed by atoms with van der Waals surface area (Å²) >= 11 is 5.88. The number of carbonyl (C=O) groups is 1. The van der Waals surface area contributed by atoms with Crippen molar-refractivity contribution in [2.45, 2.75) is 26.8 Å². The summed E-state index contributed by atoms with van der Waals surface area (Å²) < 4.78 is 0. The number of aromatic carboxylic acids is 1. The number of hydrogen-bond donors (Lipinski definition) is 2. The Morgan fingerprint density at radius 2 is 1.90 bits per heavy atom. The molecule has 1 atom stereocenters. The normalized spacial score (nSPS) is 12.0. The predicted octanol–water partition coefficient (Wildman–Crippen LogP) is 4.83. The van der Waals surface area contributed by atoms with E-state index in [-0.39, 0.29) is 16.6 Å². The molecule has 0 bridgehead atoms. The monoisotopic (exact) mass is 303 g/mol. The summed E-state index contributed by atoms with van der Waals surface area (Å²) in [6, 6.07) is 11.3. The van der Waals surface area contributed by atoms with Crippen LogP contribution in [0.15, 0.2) is 36.4 Å². The Balaban J connectivity index is 2.25. The summed E-state index contributed by atoms with van der Waals surface area (Å²) in [5.41, 5.74) is 4.47. The summed E-state index contributed by atoms with van der Waals surface area (Å²) in [4.78, 5) is 11.1. The molecular formula is C17H18ClNO2. The highest BCUT2D eigenvalue weighted by Crippen LogP contribution is 2.26. The van der Waals surface area contributed by atoms with Crippen LogP contribution in [0, 0.1) is 13.8 Å². The molecule has 0 saturated heterocycles. The van der Waals surface area contributed by atoms with Crippen LogP contribution in [0.2, 0.25) is 5.02 Å². The fourth-order valence-corrected chi connectivity index (χ4v) is 2.62. The number of carboxylic acid groups (broad SMARTS) is 1. The Kier molecular flexibility index (Phi) is 4.53. The molecule has 2 aromatic rings. The van der Waals surface area contributed by atoms with E-state index < -0.39 is 5.97 Å². The molecule has 0 heterocycles. The van der Waals surface area contributed by atoms with E-state index in [1.807, 2.05) is 6.92 Å². The minimum Gasteiger partial charge on any atom is -0.478 e. The second-order valence-electron chi connectivity index (χ2n) is 5.23. The van der Waals surface area contributed by atoms with Crippen LogP contribution < -0.4 is 5.32 Å². The van der Waals surface area contributed by atoms with Crippen LogP contribution in [-0.4, -0.2) is 11.1 Å². The van der Waals surface area contributed by atoms with Crippen molar-refractivity contribution in [1.82, 2.24) is 0 Å². The SMILES string of the molecule is Cc1ccc(C(C)Nc2ccc(Cl)c(C(=O)O)c2)c(C)c1. The average molecular weight is 304 g/mol. The number of nitrogens with one attached hydrogen (secondary N) is 1. The van der Waals surface area contributed by atoms with Gasteiger partial charge in [-0.15, -0.1) is 0 Å². The van der Waals surface area contributed by atoms with Crippen LogP contribution in [0.3, 0.4) is 0 Å². The number of rotatable bonds is 4. The number of benzene rings is 2. The first-order valence-corrected chi connectivity index (χ1v) is 7.13. The molecule has 0 fully saturated rings. The molecule has 2 rings (SSSR count). The number of halogens is 1. The quantitative estimate of drug-likeness (QED) is 0.850. The maximum atomic E-state index is 11.1. The molecule has 0 spiro atoms. The Morgan fingerprint density at radius 1 is 1.19 bits per heavy atom. The van der Waals surface area contributed by atoms with Gasteiger partial charge in [0.15, 0.2) is 0 Å². The van der Waals surface area contributed by atoms with E-state index in [1.165, 1.54) is 16.7 Å². The van der Waals surface area contributed by atoms with Gasteiger partial charge in [-0.2, -0.15) is 0 Å². The molecule has 2 aromatic carbocycles. The van der Waals surface area contributed by atoms with Gasteiger partial charge in [0.1, 0.15) is 0 Å². The fourth-order valence-electron chi connectivity index (χ4n) is 2.42. The number of hydrogen-bond acceptors (Lipinski definition) is 2. The van der Waals surface area contributed by atoms with Crippen LogP contribution in [0.25, 0.3) is 0 Å². The lowest BCUT2D eigenvalue weighted by atomic mass is 10.00. The zero-order chi connectivity index (χ0) is 15.6. The molecule has 4 heteroatoms. The van der Waals surface area contributed by atoms with E-state index in [2.05, 4.69) is 37.4 Å². The maximum Gasteiger partial charge on any atom is 0.337 e. The van der Waals surface area contributed by atoms with Crippen LogP contribution in [0.4, 0.5) is 5.69 Å². The van der Waals surface area contributed by atoms with Gasteiger partial charge in [-0.1, -0.05) is 35.4 Å². The van der Waals surface area contributed by atoms with E-state index in [0.29, 0.717) is 0 Å². The topological polar surface area (TPSA) is 49.3 Å². The highest BCUT2D eigenvalue weighted by Gasteiger charge is 2.12. The molecule has 0 amide bonds. The Bertz CT molecular complexity index is 682. The van der Waals surface area contributed by atoms with Gasteiger partial charge in [0, 0.05) is 11.7 Å². The summed E-state index contributed by atoms with van der Waals surface area (Å²) in [6.07, 6.45) is 0. The van der Waals surface area contributed by atoms with Crippen molar-refractivity contribution < 1.29 is 9.90 Å². The number of aryl methyl sites for hydroxylation is 2. The molecule has 0 aliphatic rings. The summed E-state index contributed by atoms with van der Waals surface area (Å²) in [5, 5.41) is 12.7. The average Bonchev–Trinajstić information content (AvgIpc) is 2.40. The molecule has 3 nitrogen and oxygen atoms in total. The van der Waals surface area contributed by atoms with Crippen molar-refractivity contribution in [3.05, 3.63) is 63.7 Å². The van der Waals surface area contributed by atoms with Gasteiger partial charge < -0.3 is 10.4 Å². The molecule has 1 unspecified atom stereocenters. The van der Waals surface area contributed by atoms with Gasteiger partial charge in [-0.05, 0) is 50.1 Å². The minimum absolute atomic E-state index is 0.0772.